The molecule has 0 aliphatic rings. The number of aromatic hydroxyl groups is 5. The third kappa shape index (κ3) is 6.30. The summed E-state index contributed by atoms with van der Waals surface area (Å²) in [5.41, 5.74) is -1.38. The molecule has 0 bridgehead atoms. The number of aliphatic hydroxyl groups excluding tert-OH is 1. The first-order valence-corrected chi connectivity index (χ1v) is 11.7. The van der Waals surface area contributed by atoms with Crippen molar-refractivity contribution < 1.29 is 73.2 Å². The van der Waals surface area contributed by atoms with Crippen LogP contribution in [0.5, 0.6) is 28.7 Å². The second-order valence-electron chi connectivity index (χ2n) is 10.3. The van der Waals surface area contributed by atoms with Gasteiger partial charge in [0.2, 0.25) is 0 Å². The Morgan fingerprint density at radius 2 is 1.26 bits per heavy atom. The van der Waals surface area contributed by atoms with Crippen LogP contribution in [0.4, 0.5) is 0 Å². The standard InChI is InChI=1S/C23H32O9S.Na/c1-22(2,3)13-9-12(14(24)10-15(13)25)18(23(4,5)6)20(29)21(33(30,31)32)11-7-16(26)19(28)17(27)8-11;/h7-10,18,20-21,24-29H,1-6H3,(H,30,31,32);/q;+1/p-1. The molecular weight excluding hydrogens is 475 g/mol. The van der Waals surface area contributed by atoms with Gasteiger partial charge >= 0.3 is 29.6 Å². The van der Waals surface area contributed by atoms with Crippen LogP contribution in [-0.4, -0.2) is 49.7 Å². The van der Waals surface area contributed by atoms with Gasteiger partial charge in [-0.05, 0) is 40.2 Å². The third-order valence-corrected chi connectivity index (χ3v) is 6.78. The van der Waals surface area contributed by atoms with E-state index in [1.807, 2.05) is 20.8 Å². The molecule has 9 nitrogen and oxygen atoms in total. The normalized spacial score (nSPS) is 15.3. The summed E-state index contributed by atoms with van der Waals surface area (Å²) in [6.45, 7) is 10.5. The average Bonchev–Trinajstić information content (AvgIpc) is 2.58. The summed E-state index contributed by atoms with van der Waals surface area (Å²) >= 11 is 0. The van der Waals surface area contributed by atoms with Gasteiger partial charge in [-0.25, -0.2) is 8.42 Å². The first-order valence-electron chi connectivity index (χ1n) is 10.2. The Kier molecular flexibility index (Phi) is 9.03. The zero-order valence-corrected chi connectivity index (χ0v) is 23.2. The van der Waals surface area contributed by atoms with Gasteiger partial charge in [-0.1, -0.05) is 41.5 Å². The fourth-order valence-electron chi connectivity index (χ4n) is 4.11. The van der Waals surface area contributed by atoms with Gasteiger partial charge in [0, 0.05) is 17.5 Å². The van der Waals surface area contributed by atoms with Crippen molar-refractivity contribution in [1.82, 2.24) is 0 Å². The van der Waals surface area contributed by atoms with Crippen molar-refractivity contribution in [2.45, 2.75) is 64.2 Å². The number of phenolic OH excluding ortho intramolecular Hbond substituents is 5. The van der Waals surface area contributed by atoms with Gasteiger partial charge in [-0.15, -0.1) is 0 Å². The molecule has 6 N–H and O–H groups in total. The van der Waals surface area contributed by atoms with E-state index in [0.717, 1.165) is 18.2 Å². The Balaban J connectivity index is 0.00000578. The second-order valence-corrected chi connectivity index (χ2v) is 11.8. The van der Waals surface area contributed by atoms with Crippen LogP contribution in [0.3, 0.4) is 0 Å². The van der Waals surface area contributed by atoms with Crippen LogP contribution in [0.1, 0.15) is 69.4 Å². The van der Waals surface area contributed by atoms with E-state index in [-0.39, 0.29) is 40.9 Å². The predicted octanol–water partition coefficient (Wildman–Crippen LogP) is 0.293. The smallest absolute Gasteiger partial charge is 0.747 e. The Bertz CT molecular complexity index is 1130. The zero-order valence-electron chi connectivity index (χ0n) is 20.4. The van der Waals surface area contributed by atoms with Gasteiger partial charge in [0.15, 0.2) is 17.2 Å². The van der Waals surface area contributed by atoms with Crippen molar-refractivity contribution >= 4 is 10.1 Å². The minimum Gasteiger partial charge on any atom is -0.747 e. The molecule has 0 heterocycles. The molecule has 0 aliphatic heterocycles. The molecule has 3 unspecified atom stereocenters. The summed E-state index contributed by atoms with van der Waals surface area (Å²) in [6.07, 6.45) is -1.95. The van der Waals surface area contributed by atoms with Gasteiger partial charge in [0.25, 0.3) is 0 Å². The first kappa shape index (κ1) is 30.3. The fourth-order valence-corrected chi connectivity index (χ4v) is 5.07. The van der Waals surface area contributed by atoms with Crippen molar-refractivity contribution in [2.75, 3.05) is 0 Å². The van der Waals surface area contributed by atoms with Gasteiger partial charge in [0.05, 0.1) is 6.10 Å². The van der Waals surface area contributed by atoms with Gasteiger partial charge in [-0.2, -0.15) is 0 Å². The Labute approximate surface area is 221 Å². The van der Waals surface area contributed by atoms with Crippen LogP contribution >= 0.6 is 0 Å². The molecule has 11 heteroatoms. The van der Waals surface area contributed by atoms with Crippen molar-refractivity contribution in [3.63, 3.8) is 0 Å². The van der Waals surface area contributed by atoms with E-state index in [1.165, 1.54) is 6.07 Å². The van der Waals surface area contributed by atoms with E-state index >= 15 is 0 Å². The maximum atomic E-state index is 12.3. The Morgan fingerprint density at radius 1 is 0.794 bits per heavy atom. The summed E-state index contributed by atoms with van der Waals surface area (Å²) in [6, 6.07) is 4.11. The number of aliphatic hydroxyl groups is 1. The van der Waals surface area contributed by atoms with Crippen molar-refractivity contribution in [2.24, 2.45) is 5.41 Å². The summed E-state index contributed by atoms with van der Waals surface area (Å²) in [5.74, 6) is -4.40. The fraction of sp³-hybridized carbons (Fsp3) is 0.478. The van der Waals surface area contributed by atoms with E-state index in [9.17, 15) is 43.6 Å². The second kappa shape index (κ2) is 10.1. The van der Waals surface area contributed by atoms with Gasteiger partial charge in [-0.3, -0.25) is 0 Å². The average molecular weight is 507 g/mol. The number of hydrogen-bond acceptors (Lipinski definition) is 9. The molecule has 0 fully saturated rings. The molecule has 2 rings (SSSR count). The van der Waals surface area contributed by atoms with E-state index in [4.69, 9.17) is 0 Å². The molecule has 3 atom stereocenters. The number of phenols is 5. The molecule has 0 saturated heterocycles. The largest absolute Gasteiger partial charge is 1.00 e. The molecule has 2 aromatic rings. The Morgan fingerprint density at radius 3 is 1.65 bits per heavy atom. The summed E-state index contributed by atoms with van der Waals surface area (Å²) < 4.78 is 36.8. The quantitative estimate of drug-likeness (QED) is 0.189. The predicted molar refractivity (Wildman–Crippen MR) is 121 cm³/mol. The zero-order chi connectivity index (χ0) is 25.7. The van der Waals surface area contributed by atoms with Gasteiger partial charge < -0.3 is 35.2 Å². The van der Waals surface area contributed by atoms with E-state index in [0.29, 0.717) is 5.56 Å². The maximum absolute atomic E-state index is 12.3. The van der Waals surface area contributed by atoms with E-state index < -0.39 is 66.8 Å². The van der Waals surface area contributed by atoms with E-state index in [1.54, 1.807) is 20.8 Å². The SMILES string of the molecule is CC(C)(C)c1cc(C(C(O)C(c2cc(O)c(O)c(O)c2)S(=O)(=O)[O-])C(C)(C)C)c(O)cc1O.[Na+]. The van der Waals surface area contributed by atoms with Gasteiger partial charge in [0.1, 0.15) is 26.9 Å². The summed E-state index contributed by atoms with van der Waals surface area (Å²) in [4.78, 5) is 0. The van der Waals surface area contributed by atoms with Crippen molar-refractivity contribution in [3.8, 4) is 28.7 Å². The molecule has 34 heavy (non-hydrogen) atoms. The van der Waals surface area contributed by atoms with E-state index in [2.05, 4.69) is 0 Å². The van der Waals surface area contributed by atoms with Crippen LogP contribution in [0, 0.1) is 5.41 Å². The number of rotatable bonds is 5. The monoisotopic (exact) mass is 506 g/mol. The molecule has 0 saturated carbocycles. The van der Waals surface area contributed by atoms with Crippen molar-refractivity contribution in [1.29, 1.82) is 0 Å². The molecule has 184 valence electrons. The molecule has 2 aromatic carbocycles. The molecular formula is C23H31NaO9S. The molecule has 0 radical (unpaired) electrons. The molecule has 0 aliphatic carbocycles. The summed E-state index contributed by atoms with van der Waals surface area (Å²) in [7, 11) is -5.27. The number of hydrogen-bond donors (Lipinski definition) is 6. The van der Waals surface area contributed by atoms with Crippen LogP contribution in [0.25, 0.3) is 0 Å². The van der Waals surface area contributed by atoms with Crippen LogP contribution in [0.15, 0.2) is 24.3 Å². The minimum atomic E-state index is -5.27. The topological polar surface area (TPSA) is 179 Å². The van der Waals surface area contributed by atoms with Crippen molar-refractivity contribution in [3.05, 3.63) is 41.0 Å². The van der Waals surface area contributed by atoms with Crippen LogP contribution < -0.4 is 29.6 Å². The maximum Gasteiger partial charge on any atom is 1.00 e. The van der Waals surface area contributed by atoms with Crippen LogP contribution in [0.2, 0.25) is 0 Å². The third-order valence-electron chi connectivity index (χ3n) is 5.60. The Hall–Kier alpha value is -1.69. The summed E-state index contributed by atoms with van der Waals surface area (Å²) in [5, 5.41) is 59.4. The molecule has 0 aromatic heterocycles. The minimum absolute atomic E-state index is 0. The number of benzene rings is 2. The first-order chi connectivity index (χ1) is 14.8. The molecule has 0 spiro atoms. The van der Waals surface area contributed by atoms with Crippen LogP contribution in [-0.2, 0) is 15.5 Å². The molecule has 0 amide bonds.